The highest BCUT2D eigenvalue weighted by atomic mass is 16.7. The maximum Gasteiger partial charge on any atom is 0.255 e. The smallest absolute Gasteiger partial charge is 0.255 e. The number of aryl methyl sites for hydroxylation is 1. The number of carbonyl (C=O) groups is 1. The summed E-state index contributed by atoms with van der Waals surface area (Å²) < 4.78 is 12.7. The van der Waals surface area contributed by atoms with Crippen LogP contribution < -0.4 is 20.1 Å². The fraction of sp³-hybridized carbons (Fsp3) is 0.261. The van der Waals surface area contributed by atoms with Crippen molar-refractivity contribution in [2.24, 2.45) is 0 Å². The molecule has 0 spiro atoms. The Kier molecular flexibility index (Phi) is 5.24. The average Bonchev–Trinajstić information content (AvgIpc) is 3.43. The SMILES string of the molecule is CC1=C(C(=O)Nc2ccccc2)C(c2ccc3c(c2)OCO3)n2nc(CCCO)nc2N1. The number of fused-ring (bicyclic) bond motifs is 2. The van der Waals surface area contributed by atoms with Crippen molar-refractivity contribution in [1.82, 2.24) is 14.8 Å². The highest BCUT2D eigenvalue weighted by Gasteiger charge is 2.35. The van der Waals surface area contributed by atoms with Gasteiger partial charge < -0.3 is 25.2 Å². The maximum atomic E-state index is 13.4. The third-order valence-electron chi connectivity index (χ3n) is 5.44. The van der Waals surface area contributed by atoms with E-state index in [9.17, 15) is 9.90 Å². The Morgan fingerprint density at radius 3 is 2.84 bits per heavy atom. The van der Waals surface area contributed by atoms with Crippen molar-refractivity contribution in [3.8, 4) is 11.5 Å². The Morgan fingerprint density at radius 1 is 1.22 bits per heavy atom. The van der Waals surface area contributed by atoms with Crippen LogP contribution in [-0.4, -0.2) is 39.2 Å². The quantitative estimate of drug-likeness (QED) is 0.548. The number of benzene rings is 2. The van der Waals surface area contributed by atoms with Gasteiger partial charge in [-0.25, -0.2) is 4.68 Å². The molecule has 0 saturated carbocycles. The van der Waals surface area contributed by atoms with E-state index < -0.39 is 6.04 Å². The summed E-state index contributed by atoms with van der Waals surface area (Å²) in [6.07, 6.45) is 1.10. The van der Waals surface area contributed by atoms with Gasteiger partial charge in [-0.2, -0.15) is 10.1 Å². The molecule has 0 fully saturated rings. The number of nitrogens with zero attached hydrogens (tertiary/aromatic N) is 3. The van der Waals surface area contributed by atoms with Gasteiger partial charge in [-0.3, -0.25) is 4.79 Å². The van der Waals surface area contributed by atoms with Crippen LogP contribution in [0.3, 0.4) is 0 Å². The number of nitrogens with one attached hydrogen (secondary N) is 2. The number of anilines is 2. The van der Waals surface area contributed by atoms with Crippen molar-refractivity contribution in [1.29, 1.82) is 0 Å². The number of allylic oxidation sites excluding steroid dienone is 1. The third-order valence-corrected chi connectivity index (χ3v) is 5.44. The summed E-state index contributed by atoms with van der Waals surface area (Å²) in [7, 11) is 0. The average molecular weight is 433 g/mol. The number of rotatable bonds is 6. The predicted octanol–water partition coefficient (Wildman–Crippen LogP) is 2.86. The van der Waals surface area contributed by atoms with Crippen molar-refractivity contribution in [3.63, 3.8) is 0 Å². The van der Waals surface area contributed by atoms with E-state index in [1.54, 1.807) is 4.68 Å². The zero-order chi connectivity index (χ0) is 22.1. The van der Waals surface area contributed by atoms with Crippen LogP contribution in [0, 0.1) is 0 Å². The fourth-order valence-corrected chi connectivity index (χ4v) is 3.94. The molecule has 1 unspecified atom stereocenters. The van der Waals surface area contributed by atoms with E-state index in [1.807, 2.05) is 55.5 Å². The molecule has 164 valence electrons. The first-order valence-electron chi connectivity index (χ1n) is 10.4. The number of para-hydroxylation sites is 1. The second-order valence-electron chi connectivity index (χ2n) is 7.62. The lowest BCUT2D eigenvalue weighted by Crippen LogP contribution is -2.31. The van der Waals surface area contributed by atoms with E-state index >= 15 is 0 Å². The van der Waals surface area contributed by atoms with Crippen LogP contribution in [0.25, 0.3) is 0 Å². The number of aliphatic hydroxyl groups is 1. The molecule has 9 heteroatoms. The molecule has 3 aromatic rings. The van der Waals surface area contributed by atoms with Gasteiger partial charge >= 0.3 is 0 Å². The van der Waals surface area contributed by atoms with Gasteiger partial charge in [0.25, 0.3) is 5.91 Å². The first-order valence-corrected chi connectivity index (χ1v) is 10.4. The molecule has 3 heterocycles. The third kappa shape index (κ3) is 3.67. The van der Waals surface area contributed by atoms with Gasteiger partial charge in [0.1, 0.15) is 6.04 Å². The molecule has 9 nitrogen and oxygen atoms in total. The standard InChI is InChI=1S/C23H23N5O4/c1-14-20(22(30)25-16-6-3-2-4-7-16)21(15-9-10-17-18(12-15)32-13-31-17)28-23(24-14)26-19(27-28)8-5-11-29/h2-4,6-7,9-10,12,21,29H,5,8,11,13H2,1H3,(H,25,30)(H,24,26,27). The van der Waals surface area contributed by atoms with Crippen molar-refractivity contribution < 1.29 is 19.4 Å². The summed E-state index contributed by atoms with van der Waals surface area (Å²) in [6.45, 7) is 2.08. The van der Waals surface area contributed by atoms with Gasteiger partial charge in [-0.15, -0.1) is 0 Å². The zero-order valence-corrected chi connectivity index (χ0v) is 17.5. The molecule has 3 N–H and O–H groups in total. The Labute approximate surface area is 184 Å². The van der Waals surface area contributed by atoms with Crippen LogP contribution in [0.1, 0.15) is 30.8 Å². The van der Waals surface area contributed by atoms with Gasteiger partial charge in [-0.05, 0) is 43.2 Å². The Morgan fingerprint density at radius 2 is 2.03 bits per heavy atom. The van der Waals surface area contributed by atoms with Crippen LogP contribution >= 0.6 is 0 Å². The van der Waals surface area contributed by atoms with Crippen LogP contribution in [-0.2, 0) is 11.2 Å². The molecular formula is C23H23N5O4. The first-order chi connectivity index (χ1) is 15.6. The van der Waals surface area contributed by atoms with Gasteiger partial charge in [0.15, 0.2) is 17.3 Å². The highest BCUT2D eigenvalue weighted by Crippen LogP contribution is 2.40. The molecule has 1 atom stereocenters. The van der Waals surface area contributed by atoms with Crippen LogP contribution in [0.4, 0.5) is 11.6 Å². The number of carbonyl (C=O) groups excluding carboxylic acids is 1. The number of aliphatic hydroxyl groups excluding tert-OH is 1. The molecule has 0 aliphatic carbocycles. The van der Waals surface area contributed by atoms with E-state index in [4.69, 9.17) is 9.47 Å². The van der Waals surface area contributed by atoms with Crippen LogP contribution in [0.5, 0.6) is 11.5 Å². The molecular weight excluding hydrogens is 410 g/mol. The lowest BCUT2D eigenvalue weighted by Gasteiger charge is -2.28. The van der Waals surface area contributed by atoms with Crippen molar-refractivity contribution in [2.45, 2.75) is 25.8 Å². The van der Waals surface area contributed by atoms with Gasteiger partial charge in [-0.1, -0.05) is 24.3 Å². The molecule has 32 heavy (non-hydrogen) atoms. The van der Waals surface area contributed by atoms with E-state index in [2.05, 4.69) is 20.7 Å². The van der Waals surface area contributed by atoms with Crippen molar-refractivity contribution in [3.05, 3.63) is 71.2 Å². The van der Waals surface area contributed by atoms with Crippen LogP contribution in [0.15, 0.2) is 59.8 Å². The Bertz CT molecular complexity index is 1190. The molecule has 2 aliphatic rings. The van der Waals surface area contributed by atoms with Crippen molar-refractivity contribution in [2.75, 3.05) is 24.0 Å². The van der Waals surface area contributed by atoms with E-state index in [0.717, 1.165) is 5.56 Å². The summed E-state index contributed by atoms with van der Waals surface area (Å²) in [5.41, 5.74) is 2.75. The second-order valence-corrected chi connectivity index (χ2v) is 7.62. The lowest BCUT2D eigenvalue weighted by molar-refractivity contribution is -0.113. The summed E-state index contributed by atoms with van der Waals surface area (Å²) >= 11 is 0. The molecule has 1 amide bonds. The normalized spacial score (nSPS) is 16.5. The number of aromatic nitrogens is 3. The Hall–Kier alpha value is -3.85. The molecule has 2 aromatic carbocycles. The summed E-state index contributed by atoms with van der Waals surface area (Å²) in [6, 6.07) is 14.4. The molecule has 2 aliphatic heterocycles. The lowest BCUT2D eigenvalue weighted by atomic mass is 9.94. The van der Waals surface area contributed by atoms with Gasteiger partial charge in [0, 0.05) is 24.4 Å². The molecule has 1 aromatic heterocycles. The fourth-order valence-electron chi connectivity index (χ4n) is 3.94. The molecule has 0 saturated heterocycles. The van der Waals surface area contributed by atoms with Gasteiger partial charge in [0.2, 0.25) is 12.7 Å². The highest BCUT2D eigenvalue weighted by molar-refractivity contribution is 6.06. The van der Waals surface area contributed by atoms with Crippen molar-refractivity contribution >= 4 is 17.5 Å². The number of ether oxygens (including phenoxy) is 2. The van der Waals surface area contributed by atoms with E-state index in [-0.39, 0.29) is 19.3 Å². The topological polar surface area (TPSA) is 111 Å². The summed E-state index contributed by atoms with van der Waals surface area (Å²) in [5.74, 6) is 2.21. The maximum absolute atomic E-state index is 13.4. The van der Waals surface area contributed by atoms with E-state index in [1.165, 1.54) is 0 Å². The monoisotopic (exact) mass is 433 g/mol. The summed E-state index contributed by atoms with van der Waals surface area (Å²) in [4.78, 5) is 18.0. The molecule has 0 radical (unpaired) electrons. The predicted molar refractivity (Wildman–Crippen MR) is 118 cm³/mol. The largest absolute Gasteiger partial charge is 0.454 e. The minimum Gasteiger partial charge on any atom is -0.454 e. The van der Waals surface area contributed by atoms with E-state index in [0.29, 0.717) is 53.1 Å². The molecule has 0 bridgehead atoms. The molecule has 5 rings (SSSR count). The second kappa shape index (κ2) is 8.35. The van der Waals surface area contributed by atoms with Crippen LogP contribution in [0.2, 0.25) is 0 Å². The zero-order valence-electron chi connectivity index (χ0n) is 17.5. The number of amides is 1. The number of hydrogen-bond donors (Lipinski definition) is 3. The number of hydrogen-bond acceptors (Lipinski definition) is 7. The first kappa shape index (κ1) is 20.1. The minimum atomic E-state index is -0.514. The Balaban J connectivity index is 1.57. The summed E-state index contributed by atoms with van der Waals surface area (Å²) in [5, 5.41) is 20.0. The van der Waals surface area contributed by atoms with Gasteiger partial charge in [0.05, 0.1) is 5.57 Å². The minimum absolute atomic E-state index is 0.0604.